The Kier molecular flexibility index (Phi) is 3.99. The molecule has 1 aliphatic heterocycles. The van der Waals surface area contributed by atoms with E-state index in [0.29, 0.717) is 10.8 Å². The second kappa shape index (κ2) is 5.34. The van der Waals surface area contributed by atoms with Crippen molar-refractivity contribution in [2.24, 2.45) is 5.73 Å². The molecule has 0 amide bonds. The van der Waals surface area contributed by atoms with Crippen LogP contribution >= 0.6 is 11.3 Å². The van der Waals surface area contributed by atoms with Crippen molar-refractivity contribution in [3.05, 3.63) is 15.6 Å². The van der Waals surface area contributed by atoms with E-state index in [0.717, 1.165) is 30.2 Å². The predicted molar refractivity (Wildman–Crippen MR) is 70.9 cm³/mol. The first-order chi connectivity index (χ1) is 8.49. The van der Waals surface area contributed by atoms with Crippen LogP contribution in [0.2, 0.25) is 0 Å². The average Bonchev–Trinajstić information content (AvgIpc) is 2.70. The Bertz CT molecular complexity index is 447. The maximum Gasteiger partial charge on any atom is 0.326 e. The summed E-state index contributed by atoms with van der Waals surface area (Å²) in [6.45, 7) is 3.96. The summed E-state index contributed by atoms with van der Waals surface area (Å²) in [6, 6.07) is -0.947. The molecule has 1 aliphatic rings. The van der Waals surface area contributed by atoms with E-state index in [1.165, 1.54) is 17.8 Å². The Labute approximate surface area is 111 Å². The van der Waals surface area contributed by atoms with Crippen LogP contribution in [0.5, 0.6) is 0 Å². The molecular formula is C12H19N3O2S. The number of nitrogens with zero attached hydrogens (tertiary/aromatic N) is 2. The smallest absolute Gasteiger partial charge is 0.326 e. The van der Waals surface area contributed by atoms with E-state index < -0.39 is 12.0 Å². The number of aromatic nitrogens is 1. The molecule has 0 saturated carbocycles. The molecule has 0 aromatic carbocycles. The zero-order valence-corrected chi connectivity index (χ0v) is 11.5. The fourth-order valence-corrected chi connectivity index (χ4v) is 3.56. The highest BCUT2D eigenvalue weighted by atomic mass is 32.1. The minimum Gasteiger partial charge on any atom is -0.480 e. The van der Waals surface area contributed by atoms with E-state index in [1.54, 1.807) is 0 Å². The lowest BCUT2D eigenvalue weighted by atomic mass is 9.99. The number of aliphatic carboxylic acids is 1. The van der Waals surface area contributed by atoms with Crippen LogP contribution in [0.15, 0.2) is 0 Å². The Hall–Kier alpha value is -0.980. The molecule has 1 aromatic rings. The standard InChI is InChI=1S/C12H19N3O2S/c1-7-10(9(13)12(16)17)18-11(14-7)8-4-3-5-15(2)6-8/h8-9H,3-6,13H2,1-2H3,(H,16,17). The summed E-state index contributed by atoms with van der Waals surface area (Å²) in [6.07, 6.45) is 2.29. The van der Waals surface area contributed by atoms with Gasteiger partial charge in [0.05, 0.1) is 15.6 Å². The third-order valence-electron chi connectivity index (χ3n) is 3.37. The molecule has 2 heterocycles. The van der Waals surface area contributed by atoms with Gasteiger partial charge in [0.1, 0.15) is 6.04 Å². The number of piperidine rings is 1. The fraction of sp³-hybridized carbons (Fsp3) is 0.667. The first-order valence-electron chi connectivity index (χ1n) is 6.13. The predicted octanol–water partition coefficient (Wildman–Crippen LogP) is 1.35. The van der Waals surface area contributed by atoms with Gasteiger partial charge in [0.25, 0.3) is 0 Å². The summed E-state index contributed by atoms with van der Waals surface area (Å²) < 4.78 is 0. The van der Waals surface area contributed by atoms with E-state index in [4.69, 9.17) is 10.8 Å². The van der Waals surface area contributed by atoms with Crippen molar-refractivity contribution in [2.45, 2.75) is 31.7 Å². The van der Waals surface area contributed by atoms with Crippen molar-refractivity contribution in [1.29, 1.82) is 0 Å². The third-order valence-corrected chi connectivity index (χ3v) is 4.77. The normalized spacial score (nSPS) is 22.9. The number of rotatable bonds is 3. The highest BCUT2D eigenvalue weighted by Crippen LogP contribution is 2.33. The van der Waals surface area contributed by atoms with Crippen LogP contribution in [0, 0.1) is 6.92 Å². The van der Waals surface area contributed by atoms with Gasteiger partial charge in [-0.1, -0.05) is 0 Å². The van der Waals surface area contributed by atoms with Gasteiger partial charge < -0.3 is 15.7 Å². The number of aryl methyl sites for hydroxylation is 1. The number of thiazole rings is 1. The average molecular weight is 269 g/mol. The number of nitrogens with two attached hydrogens (primary N) is 1. The summed E-state index contributed by atoms with van der Waals surface area (Å²) in [7, 11) is 2.11. The Morgan fingerprint density at radius 1 is 1.67 bits per heavy atom. The lowest BCUT2D eigenvalue weighted by Crippen LogP contribution is -2.30. The largest absolute Gasteiger partial charge is 0.480 e. The van der Waals surface area contributed by atoms with Crippen molar-refractivity contribution >= 4 is 17.3 Å². The molecule has 5 nitrogen and oxygen atoms in total. The van der Waals surface area contributed by atoms with Gasteiger partial charge >= 0.3 is 5.97 Å². The van der Waals surface area contributed by atoms with Crippen LogP contribution in [0.25, 0.3) is 0 Å². The maximum atomic E-state index is 10.9. The van der Waals surface area contributed by atoms with Crippen LogP contribution in [0.1, 0.15) is 40.4 Å². The van der Waals surface area contributed by atoms with E-state index in [2.05, 4.69) is 16.9 Å². The van der Waals surface area contributed by atoms with Gasteiger partial charge in [-0.3, -0.25) is 4.79 Å². The molecule has 100 valence electrons. The lowest BCUT2D eigenvalue weighted by molar-refractivity contribution is -0.138. The van der Waals surface area contributed by atoms with E-state index >= 15 is 0 Å². The van der Waals surface area contributed by atoms with E-state index in [-0.39, 0.29) is 0 Å². The molecule has 0 spiro atoms. The highest BCUT2D eigenvalue weighted by Gasteiger charge is 2.26. The van der Waals surface area contributed by atoms with Crippen LogP contribution in [0.4, 0.5) is 0 Å². The number of carbonyl (C=O) groups is 1. The molecule has 18 heavy (non-hydrogen) atoms. The van der Waals surface area contributed by atoms with Gasteiger partial charge in [-0.25, -0.2) is 4.98 Å². The van der Waals surface area contributed by atoms with Crippen LogP contribution in [-0.2, 0) is 4.79 Å². The second-order valence-corrected chi connectivity index (χ2v) is 5.98. The summed E-state index contributed by atoms with van der Waals surface area (Å²) in [5.74, 6) is -0.573. The molecule has 2 unspecified atom stereocenters. The summed E-state index contributed by atoms with van der Waals surface area (Å²) >= 11 is 1.46. The molecule has 2 rings (SSSR count). The molecule has 0 bridgehead atoms. The van der Waals surface area contributed by atoms with Gasteiger partial charge in [0.2, 0.25) is 0 Å². The van der Waals surface area contributed by atoms with Gasteiger partial charge in [0.15, 0.2) is 0 Å². The summed E-state index contributed by atoms with van der Waals surface area (Å²) in [5, 5.41) is 10.0. The number of likely N-dealkylation sites (tertiary alicyclic amines) is 1. The molecule has 1 saturated heterocycles. The summed E-state index contributed by atoms with van der Waals surface area (Å²) in [4.78, 5) is 18.4. The topological polar surface area (TPSA) is 79.5 Å². The van der Waals surface area contributed by atoms with Gasteiger partial charge in [-0.2, -0.15) is 0 Å². The fourth-order valence-electron chi connectivity index (χ4n) is 2.37. The van der Waals surface area contributed by atoms with Gasteiger partial charge in [-0.05, 0) is 33.4 Å². The maximum absolute atomic E-state index is 10.9. The highest BCUT2D eigenvalue weighted by molar-refractivity contribution is 7.12. The molecule has 6 heteroatoms. The minimum atomic E-state index is -0.992. The van der Waals surface area contributed by atoms with E-state index in [1.807, 2.05) is 6.92 Å². The monoisotopic (exact) mass is 269 g/mol. The van der Waals surface area contributed by atoms with Gasteiger partial charge in [-0.15, -0.1) is 11.3 Å². The second-order valence-electron chi connectivity index (χ2n) is 4.92. The van der Waals surface area contributed by atoms with Crippen molar-refractivity contribution in [3.8, 4) is 0 Å². The number of carboxylic acid groups (broad SMARTS) is 1. The van der Waals surface area contributed by atoms with Crippen LogP contribution in [0.3, 0.4) is 0 Å². The third kappa shape index (κ3) is 2.71. The molecular weight excluding hydrogens is 250 g/mol. The number of hydrogen-bond acceptors (Lipinski definition) is 5. The molecule has 2 atom stereocenters. The minimum absolute atomic E-state index is 0.419. The Morgan fingerprint density at radius 3 is 3.00 bits per heavy atom. The molecule has 1 aromatic heterocycles. The molecule has 1 fully saturated rings. The Balaban J connectivity index is 2.20. The van der Waals surface area contributed by atoms with Crippen molar-refractivity contribution in [1.82, 2.24) is 9.88 Å². The van der Waals surface area contributed by atoms with Crippen LogP contribution < -0.4 is 5.73 Å². The number of carboxylic acids is 1. The van der Waals surface area contributed by atoms with Crippen LogP contribution in [-0.4, -0.2) is 41.1 Å². The number of likely N-dealkylation sites (N-methyl/N-ethyl adjacent to an activating group) is 1. The first kappa shape index (κ1) is 13.5. The van der Waals surface area contributed by atoms with Crippen molar-refractivity contribution < 1.29 is 9.90 Å². The SMILES string of the molecule is Cc1nc(C2CCCN(C)C2)sc1C(N)C(=O)O. The van der Waals surface area contributed by atoms with Crippen molar-refractivity contribution in [3.63, 3.8) is 0 Å². The molecule has 0 radical (unpaired) electrons. The molecule has 3 N–H and O–H groups in total. The Morgan fingerprint density at radius 2 is 2.39 bits per heavy atom. The number of hydrogen-bond donors (Lipinski definition) is 2. The zero-order valence-electron chi connectivity index (χ0n) is 10.7. The van der Waals surface area contributed by atoms with Crippen molar-refractivity contribution in [2.75, 3.05) is 20.1 Å². The first-order valence-corrected chi connectivity index (χ1v) is 6.95. The quantitative estimate of drug-likeness (QED) is 0.865. The zero-order chi connectivity index (χ0) is 13.3. The lowest BCUT2D eigenvalue weighted by Gasteiger charge is -2.28. The summed E-state index contributed by atoms with van der Waals surface area (Å²) in [5.41, 5.74) is 6.43. The van der Waals surface area contributed by atoms with Gasteiger partial charge in [0, 0.05) is 12.5 Å². The molecule has 0 aliphatic carbocycles. The van der Waals surface area contributed by atoms with E-state index in [9.17, 15) is 4.79 Å².